The van der Waals surface area contributed by atoms with Crippen LogP contribution in [0.1, 0.15) is 23.7 Å². The Kier molecular flexibility index (Phi) is 3.62. The first-order chi connectivity index (χ1) is 8.63. The van der Waals surface area contributed by atoms with Gasteiger partial charge < -0.3 is 10.4 Å². The van der Waals surface area contributed by atoms with Crippen molar-refractivity contribution < 1.29 is 14.7 Å². The molecule has 0 aliphatic rings. The number of carbonyl (C=O) groups is 2. The molecule has 0 spiro atoms. The molecule has 18 heavy (non-hydrogen) atoms. The molecule has 1 aromatic heterocycles. The van der Waals surface area contributed by atoms with E-state index in [-0.39, 0.29) is 5.91 Å². The van der Waals surface area contributed by atoms with E-state index in [0.29, 0.717) is 12.0 Å². The second-order valence-electron chi connectivity index (χ2n) is 3.92. The number of benzene rings is 1. The summed E-state index contributed by atoms with van der Waals surface area (Å²) in [7, 11) is 0. The summed E-state index contributed by atoms with van der Waals surface area (Å²) >= 11 is 1.48. The number of carbonyl (C=O) groups excluding carboxylic acids is 1. The Morgan fingerprint density at radius 3 is 2.78 bits per heavy atom. The largest absolute Gasteiger partial charge is 0.480 e. The highest BCUT2D eigenvalue weighted by Gasteiger charge is 2.20. The Labute approximate surface area is 108 Å². The Balaban J connectivity index is 2.26. The highest BCUT2D eigenvalue weighted by atomic mass is 32.1. The average molecular weight is 263 g/mol. The molecule has 2 rings (SSSR count). The van der Waals surface area contributed by atoms with Crippen molar-refractivity contribution in [3.63, 3.8) is 0 Å². The number of amides is 1. The van der Waals surface area contributed by atoms with Crippen LogP contribution in [0.5, 0.6) is 0 Å². The predicted octanol–water partition coefficient (Wildman–Crippen LogP) is 2.49. The lowest BCUT2D eigenvalue weighted by atomic mass is 10.1. The molecule has 1 atom stereocenters. The van der Waals surface area contributed by atoms with E-state index >= 15 is 0 Å². The number of hydrogen-bond acceptors (Lipinski definition) is 3. The second kappa shape index (κ2) is 5.18. The van der Waals surface area contributed by atoms with Crippen LogP contribution in [0.25, 0.3) is 10.1 Å². The summed E-state index contributed by atoms with van der Waals surface area (Å²) in [5.74, 6) is -1.34. The average Bonchev–Trinajstić information content (AvgIpc) is 2.79. The number of aliphatic carboxylic acids is 1. The van der Waals surface area contributed by atoms with Gasteiger partial charge in [0.1, 0.15) is 6.04 Å². The second-order valence-corrected chi connectivity index (χ2v) is 4.83. The molecular formula is C13H13NO3S. The summed E-state index contributed by atoms with van der Waals surface area (Å²) in [4.78, 5) is 22.9. The number of rotatable bonds is 4. The summed E-state index contributed by atoms with van der Waals surface area (Å²) in [5.41, 5.74) is 0.537. The van der Waals surface area contributed by atoms with Crippen LogP contribution in [0.15, 0.2) is 29.6 Å². The van der Waals surface area contributed by atoms with Crippen molar-refractivity contribution in [1.82, 2.24) is 5.32 Å². The minimum Gasteiger partial charge on any atom is -0.480 e. The van der Waals surface area contributed by atoms with Gasteiger partial charge in [0.2, 0.25) is 0 Å². The molecule has 1 aromatic carbocycles. The molecule has 0 aliphatic heterocycles. The van der Waals surface area contributed by atoms with E-state index in [2.05, 4.69) is 5.32 Å². The maximum Gasteiger partial charge on any atom is 0.326 e. The van der Waals surface area contributed by atoms with Gasteiger partial charge in [-0.3, -0.25) is 4.79 Å². The molecule has 2 aromatic rings. The van der Waals surface area contributed by atoms with Gasteiger partial charge in [0.25, 0.3) is 5.91 Å². The molecule has 0 aliphatic carbocycles. The third-order valence-corrected chi connectivity index (χ3v) is 3.70. The van der Waals surface area contributed by atoms with Crippen LogP contribution in [0.3, 0.4) is 0 Å². The molecule has 1 unspecified atom stereocenters. The van der Waals surface area contributed by atoms with Crippen LogP contribution in [-0.2, 0) is 4.79 Å². The Hall–Kier alpha value is -1.88. The number of fused-ring (bicyclic) bond motifs is 1. The monoisotopic (exact) mass is 263 g/mol. The fraction of sp³-hybridized carbons (Fsp3) is 0.231. The van der Waals surface area contributed by atoms with E-state index in [4.69, 9.17) is 5.11 Å². The Morgan fingerprint density at radius 1 is 1.39 bits per heavy atom. The minimum absolute atomic E-state index is 0.332. The van der Waals surface area contributed by atoms with Crippen molar-refractivity contribution in [2.45, 2.75) is 19.4 Å². The quantitative estimate of drug-likeness (QED) is 0.890. The zero-order valence-electron chi connectivity index (χ0n) is 9.84. The molecule has 0 bridgehead atoms. The Morgan fingerprint density at radius 2 is 2.11 bits per heavy atom. The van der Waals surface area contributed by atoms with Gasteiger partial charge >= 0.3 is 5.97 Å². The molecule has 4 nitrogen and oxygen atoms in total. The van der Waals surface area contributed by atoms with Crippen LogP contribution in [-0.4, -0.2) is 23.0 Å². The van der Waals surface area contributed by atoms with Crippen LogP contribution in [0.4, 0.5) is 0 Å². The molecule has 0 radical (unpaired) electrons. The number of carboxylic acid groups (broad SMARTS) is 1. The molecule has 5 heteroatoms. The lowest BCUT2D eigenvalue weighted by Gasteiger charge is -2.11. The van der Waals surface area contributed by atoms with E-state index in [9.17, 15) is 9.59 Å². The van der Waals surface area contributed by atoms with Crippen molar-refractivity contribution >= 4 is 33.3 Å². The van der Waals surface area contributed by atoms with Crippen LogP contribution >= 0.6 is 11.3 Å². The number of carboxylic acids is 1. The summed E-state index contributed by atoms with van der Waals surface area (Å²) in [5, 5.41) is 14.1. The maximum absolute atomic E-state index is 12.0. The first kappa shape index (κ1) is 12.6. The van der Waals surface area contributed by atoms with Gasteiger partial charge in [-0.05, 0) is 12.5 Å². The SMILES string of the molecule is CCC(NC(=O)c1csc2ccccc12)C(=O)O. The van der Waals surface area contributed by atoms with Gasteiger partial charge in [0.15, 0.2) is 0 Å². The van der Waals surface area contributed by atoms with Crippen LogP contribution < -0.4 is 5.32 Å². The summed E-state index contributed by atoms with van der Waals surface area (Å²) in [6, 6.07) is 6.73. The van der Waals surface area contributed by atoms with E-state index in [0.717, 1.165) is 10.1 Å². The third kappa shape index (κ3) is 2.36. The zero-order chi connectivity index (χ0) is 13.1. The van der Waals surface area contributed by atoms with Gasteiger partial charge in [0, 0.05) is 15.5 Å². The Bertz CT molecular complexity index is 591. The first-order valence-corrected chi connectivity index (χ1v) is 6.51. The highest BCUT2D eigenvalue weighted by molar-refractivity contribution is 7.17. The zero-order valence-corrected chi connectivity index (χ0v) is 10.7. The standard InChI is InChI=1S/C13H13NO3S/c1-2-10(13(16)17)14-12(15)9-7-18-11-6-4-3-5-8(9)11/h3-7,10H,2H2,1H3,(H,14,15)(H,16,17). The molecule has 94 valence electrons. The molecule has 0 saturated heterocycles. The van der Waals surface area contributed by atoms with Crippen molar-refractivity contribution in [2.75, 3.05) is 0 Å². The van der Waals surface area contributed by atoms with E-state index in [1.807, 2.05) is 24.3 Å². The van der Waals surface area contributed by atoms with Gasteiger partial charge in [-0.15, -0.1) is 11.3 Å². The molecule has 1 heterocycles. The summed E-state index contributed by atoms with van der Waals surface area (Å²) in [6.07, 6.45) is 0.364. The molecule has 0 fully saturated rings. The highest BCUT2D eigenvalue weighted by Crippen LogP contribution is 2.25. The lowest BCUT2D eigenvalue weighted by Crippen LogP contribution is -2.40. The summed E-state index contributed by atoms with van der Waals surface area (Å²) in [6.45, 7) is 1.73. The predicted molar refractivity (Wildman–Crippen MR) is 71.0 cm³/mol. The molecule has 0 saturated carbocycles. The molecule has 1 amide bonds. The fourth-order valence-electron chi connectivity index (χ4n) is 1.73. The van der Waals surface area contributed by atoms with Gasteiger partial charge in [-0.2, -0.15) is 0 Å². The summed E-state index contributed by atoms with van der Waals surface area (Å²) < 4.78 is 1.02. The molecule has 2 N–H and O–H groups in total. The normalized spacial score (nSPS) is 12.3. The third-order valence-electron chi connectivity index (χ3n) is 2.74. The van der Waals surface area contributed by atoms with E-state index in [1.54, 1.807) is 12.3 Å². The number of thiophene rings is 1. The molecular weight excluding hydrogens is 250 g/mol. The topological polar surface area (TPSA) is 66.4 Å². The van der Waals surface area contributed by atoms with Crippen molar-refractivity contribution in [2.24, 2.45) is 0 Å². The van der Waals surface area contributed by atoms with Crippen molar-refractivity contribution in [1.29, 1.82) is 0 Å². The number of nitrogens with one attached hydrogen (secondary N) is 1. The van der Waals surface area contributed by atoms with Crippen LogP contribution in [0, 0.1) is 0 Å². The van der Waals surface area contributed by atoms with E-state index < -0.39 is 12.0 Å². The minimum atomic E-state index is -1.01. The number of hydrogen-bond donors (Lipinski definition) is 2. The van der Waals surface area contributed by atoms with E-state index in [1.165, 1.54) is 11.3 Å². The van der Waals surface area contributed by atoms with Crippen molar-refractivity contribution in [3.8, 4) is 0 Å². The first-order valence-electron chi connectivity index (χ1n) is 5.63. The van der Waals surface area contributed by atoms with Gasteiger partial charge in [0.05, 0.1) is 5.56 Å². The van der Waals surface area contributed by atoms with Gasteiger partial charge in [-0.25, -0.2) is 4.79 Å². The maximum atomic E-state index is 12.0. The smallest absolute Gasteiger partial charge is 0.326 e. The lowest BCUT2D eigenvalue weighted by molar-refractivity contribution is -0.139. The fourth-order valence-corrected chi connectivity index (χ4v) is 2.67. The van der Waals surface area contributed by atoms with Gasteiger partial charge in [-0.1, -0.05) is 25.1 Å². The van der Waals surface area contributed by atoms with Crippen molar-refractivity contribution in [3.05, 3.63) is 35.2 Å². The van der Waals surface area contributed by atoms with Crippen LogP contribution in [0.2, 0.25) is 0 Å².